The molecular formula is C8H10FN3O4. The number of hydrogen-bond acceptors (Lipinski definition) is 5. The summed E-state index contributed by atoms with van der Waals surface area (Å²) in [6.45, 7) is 0.739. The number of aryl methyl sites for hydroxylation is 1. The van der Waals surface area contributed by atoms with E-state index in [-0.39, 0.29) is 18.8 Å². The molecule has 0 atom stereocenters. The molecule has 0 spiro atoms. The van der Waals surface area contributed by atoms with Gasteiger partial charge < -0.3 is 14.9 Å². The largest absolute Gasteiger partial charge is 0.461 e. The van der Waals surface area contributed by atoms with Crippen LogP contribution in [0.3, 0.4) is 0 Å². The second-order valence-electron chi connectivity index (χ2n) is 2.78. The van der Waals surface area contributed by atoms with Gasteiger partial charge in [0.1, 0.15) is 6.67 Å². The smallest absolute Gasteiger partial charge is 0.390 e. The molecule has 0 fully saturated rings. The maximum atomic E-state index is 12.1. The summed E-state index contributed by atoms with van der Waals surface area (Å²) < 4.78 is 17.7. The van der Waals surface area contributed by atoms with E-state index >= 15 is 0 Å². The Labute approximate surface area is 90.0 Å². The van der Waals surface area contributed by atoms with Gasteiger partial charge in [0.05, 0.1) is 24.3 Å². The van der Waals surface area contributed by atoms with Crippen LogP contribution in [0, 0.1) is 10.1 Å². The number of esters is 1. The molecule has 0 saturated carbocycles. The Morgan fingerprint density at radius 1 is 1.75 bits per heavy atom. The molecule has 1 rings (SSSR count). The number of carbonyl (C=O) groups excluding carboxylic acids is 1. The van der Waals surface area contributed by atoms with Crippen molar-refractivity contribution in [1.82, 2.24) is 9.78 Å². The van der Waals surface area contributed by atoms with E-state index < -0.39 is 23.4 Å². The molecule has 1 heterocycles. The predicted octanol–water partition coefficient (Wildman–Crippen LogP) is 0.937. The third-order valence-corrected chi connectivity index (χ3v) is 1.74. The highest BCUT2D eigenvalue weighted by atomic mass is 19.1. The van der Waals surface area contributed by atoms with Crippen LogP contribution in [0.4, 0.5) is 10.2 Å². The van der Waals surface area contributed by atoms with E-state index in [0.29, 0.717) is 0 Å². The van der Waals surface area contributed by atoms with Crippen molar-refractivity contribution in [3.8, 4) is 0 Å². The molecule has 8 heteroatoms. The standard InChI is InChI=1S/C8H10FN3O4/c1-2-16-8(13)6-5-7(12(14)15)10-11(6)4-3-9/h5H,2-4H2,1H3. The van der Waals surface area contributed by atoms with Gasteiger partial charge in [-0.15, -0.1) is 0 Å². The summed E-state index contributed by atoms with van der Waals surface area (Å²) in [5.74, 6) is -1.26. The highest BCUT2D eigenvalue weighted by molar-refractivity contribution is 5.88. The highest BCUT2D eigenvalue weighted by Crippen LogP contribution is 2.13. The molecule has 1 aromatic heterocycles. The van der Waals surface area contributed by atoms with Crippen LogP contribution < -0.4 is 0 Å². The molecule has 7 nitrogen and oxygen atoms in total. The SMILES string of the molecule is CCOC(=O)c1cc([N+](=O)[O-])nn1CCF. The quantitative estimate of drug-likeness (QED) is 0.427. The van der Waals surface area contributed by atoms with Gasteiger partial charge >= 0.3 is 11.8 Å². The first kappa shape index (κ1) is 12.1. The second-order valence-corrected chi connectivity index (χ2v) is 2.78. The topological polar surface area (TPSA) is 87.3 Å². The van der Waals surface area contributed by atoms with Crippen LogP contribution in [-0.2, 0) is 11.3 Å². The first-order valence-corrected chi connectivity index (χ1v) is 4.55. The normalized spacial score (nSPS) is 10.1. The van der Waals surface area contributed by atoms with Crippen molar-refractivity contribution >= 4 is 11.8 Å². The first-order valence-electron chi connectivity index (χ1n) is 4.55. The molecule has 0 radical (unpaired) electrons. The number of nitrogens with zero attached hydrogens (tertiary/aromatic N) is 3. The predicted molar refractivity (Wildman–Crippen MR) is 50.8 cm³/mol. The molecule has 0 bridgehead atoms. The summed E-state index contributed by atoms with van der Waals surface area (Å²) in [6, 6.07) is 0.966. The summed E-state index contributed by atoms with van der Waals surface area (Å²) >= 11 is 0. The summed E-state index contributed by atoms with van der Waals surface area (Å²) in [7, 11) is 0. The summed E-state index contributed by atoms with van der Waals surface area (Å²) in [5.41, 5.74) is -0.119. The van der Waals surface area contributed by atoms with Gasteiger partial charge in [-0.1, -0.05) is 0 Å². The van der Waals surface area contributed by atoms with E-state index in [0.717, 1.165) is 10.7 Å². The third-order valence-electron chi connectivity index (χ3n) is 1.74. The van der Waals surface area contributed by atoms with E-state index in [9.17, 15) is 19.3 Å². The Morgan fingerprint density at radius 3 is 2.94 bits per heavy atom. The van der Waals surface area contributed by atoms with E-state index in [4.69, 9.17) is 0 Å². The molecule has 0 unspecified atom stereocenters. The minimum Gasteiger partial charge on any atom is -0.461 e. The molecule has 0 amide bonds. The van der Waals surface area contributed by atoms with Gasteiger partial charge in [-0.05, 0) is 11.8 Å². The first-order chi connectivity index (χ1) is 7.60. The minimum absolute atomic E-state index is 0.119. The van der Waals surface area contributed by atoms with E-state index in [1.807, 2.05) is 0 Å². The zero-order chi connectivity index (χ0) is 12.1. The van der Waals surface area contributed by atoms with Crippen molar-refractivity contribution in [1.29, 1.82) is 0 Å². The minimum atomic E-state index is -0.773. The van der Waals surface area contributed by atoms with Crippen molar-refractivity contribution in [3.05, 3.63) is 21.9 Å². The van der Waals surface area contributed by atoms with Gasteiger partial charge in [0.2, 0.25) is 0 Å². The number of ether oxygens (including phenoxy) is 1. The van der Waals surface area contributed by atoms with Crippen LogP contribution in [0.25, 0.3) is 0 Å². The molecular weight excluding hydrogens is 221 g/mol. The maximum absolute atomic E-state index is 12.1. The van der Waals surface area contributed by atoms with Crippen molar-refractivity contribution < 1.29 is 18.8 Å². The average molecular weight is 231 g/mol. The summed E-state index contributed by atoms with van der Waals surface area (Å²) in [6.07, 6.45) is 0. The number of hydrogen-bond donors (Lipinski definition) is 0. The van der Waals surface area contributed by atoms with Crippen LogP contribution in [0.1, 0.15) is 17.4 Å². The number of rotatable bonds is 5. The lowest BCUT2D eigenvalue weighted by molar-refractivity contribution is -0.389. The number of aromatic nitrogens is 2. The Bertz CT molecular complexity index is 404. The van der Waals surface area contributed by atoms with Crippen molar-refractivity contribution in [2.24, 2.45) is 0 Å². The van der Waals surface area contributed by atoms with Crippen molar-refractivity contribution in [3.63, 3.8) is 0 Å². The Morgan fingerprint density at radius 2 is 2.44 bits per heavy atom. The van der Waals surface area contributed by atoms with Gasteiger partial charge in [-0.2, -0.15) is 4.68 Å². The molecule has 0 aliphatic heterocycles. The monoisotopic (exact) mass is 231 g/mol. The molecule has 88 valence electrons. The lowest BCUT2D eigenvalue weighted by Crippen LogP contribution is -2.14. The van der Waals surface area contributed by atoms with Crippen LogP contribution in [-0.4, -0.2) is 34.0 Å². The number of halogens is 1. The number of nitro groups is 1. The van der Waals surface area contributed by atoms with E-state index in [1.54, 1.807) is 6.92 Å². The van der Waals surface area contributed by atoms with Crippen molar-refractivity contribution in [2.75, 3.05) is 13.3 Å². The average Bonchev–Trinajstić information content (AvgIpc) is 2.63. The van der Waals surface area contributed by atoms with Crippen LogP contribution in [0.5, 0.6) is 0 Å². The molecule has 0 N–H and O–H groups in total. The molecule has 1 aromatic rings. The molecule has 0 aromatic carbocycles. The Balaban J connectivity index is 3.04. The van der Waals surface area contributed by atoms with Crippen LogP contribution in [0.2, 0.25) is 0 Å². The summed E-state index contributed by atoms with van der Waals surface area (Å²) in [5, 5.41) is 13.9. The number of alkyl halides is 1. The zero-order valence-corrected chi connectivity index (χ0v) is 8.55. The van der Waals surface area contributed by atoms with Gasteiger partial charge in [-0.25, -0.2) is 9.18 Å². The molecule has 0 saturated heterocycles. The molecule has 0 aliphatic carbocycles. The van der Waals surface area contributed by atoms with E-state index in [1.165, 1.54) is 0 Å². The lowest BCUT2D eigenvalue weighted by atomic mass is 10.4. The van der Waals surface area contributed by atoms with Gasteiger partial charge in [0.15, 0.2) is 5.69 Å². The second kappa shape index (κ2) is 5.19. The fraction of sp³-hybridized carbons (Fsp3) is 0.500. The third kappa shape index (κ3) is 2.53. The van der Waals surface area contributed by atoms with Gasteiger partial charge in [0, 0.05) is 0 Å². The fourth-order valence-corrected chi connectivity index (χ4v) is 1.11. The Kier molecular flexibility index (Phi) is 3.92. The summed E-state index contributed by atoms with van der Waals surface area (Å²) in [4.78, 5) is 21.0. The Hall–Kier alpha value is -1.99. The molecule has 0 aliphatic rings. The van der Waals surface area contributed by atoms with E-state index in [2.05, 4.69) is 9.84 Å². The fourth-order valence-electron chi connectivity index (χ4n) is 1.11. The van der Waals surface area contributed by atoms with Crippen LogP contribution >= 0.6 is 0 Å². The van der Waals surface area contributed by atoms with Gasteiger partial charge in [-0.3, -0.25) is 0 Å². The van der Waals surface area contributed by atoms with Gasteiger partial charge in [0.25, 0.3) is 0 Å². The van der Waals surface area contributed by atoms with Crippen LogP contribution in [0.15, 0.2) is 6.07 Å². The maximum Gasteiger partial charge on any atom is 0.390 e. The number of carbonyl (C=O) groups is 1. The highest BCUT2D eigenvalue weighted by Gasteiger charge is 2.23. The zero-order valence-electron chi connectivity index (χ0n) is 8.55. The molecule has 16 heavy (non-hydrogen) atoms. The lowest BCUT2D eigenvalue weighted by Gasteiger charge is -2.00. The van der Waals surface area contributed by atoms with Crippen molar-refractivity contribution in [2.45, 2.75) is 13.5 Å².